The van der Waals surface area contributed by atoms with Crippen LogP contribution in [-0.2, 0) is 11.2 Å². The Morgan fingerprint density at radius 2 is 1.95 bits per heavy atom. The Kier molecular flexibility index (Phi) is 7.10. The number of aromatic nitrogens is 4. The Bertz CT molecular complexity index is 1870. The zero-order valence-corrected chi connectivity index (χ0v) is 24.4. The first kappa shape index (κ1) is 28.1. The fourth-order valence-corrected chi connectivity index (χ4v) is 6.38. The number of benzene rings is 1. The van der Waals surface area contributed by atoms with E-state index in [0.717, 1.165) is 30.5 Å². The molecule has 226 valence electrons. The maximum absolute atomic E-state index is 16.2. The number of hydrogen-bond donors (Lipinski definition) is 0. The van der Waals surface area contributed by atoms with Crippen LogP contribution in [0.1, 0.15) is 49.8 Å². The summed E-state index contributed by atoms with van der Waals surface area (Å²) >= 11 is 0. The van der Waals surface area contributed by atoms with Gasteiger partial charge < -0.3 is 14.5 Å². The number of ether oxygens (including phenoxy) is 1. The van der Waals surface area contributed by atoms with Gasteiger partial charge in [-0.2, -0.15) is 4.98 Å². The van der Waals surface area contributed by atoms with Gasteiger partial charge in [0.05, 0.1) is 28.9 Å². The molecule has 5 heterocycles. The van der Waals surface area contributed by atoms with Crippen molar-refractivity contribution in [3.8, 4) is 22.7 Å². The number of carbonyl (C=O) groups excluding carboxylic acids is 1. The molecule has 1 saturated heterocycles. The molecule has 2 aliphatic heterocycles. The molecule has 1 amide bonds. The summed E-state index contributed by atoms with van der Waals surface area (Å²) in [6, 6.07) is 7.32. The number of rotatable bonds is 3. The maximum Gasteiger partial charge on any atom is 0.355 e. The van der Waals surface area contributed by atoms with E-state index >= 15 is 8.78 Å². The van der Waals surface area contributed by atoms with Crippen molar-refractivity contribution in [1.82, 2.24) is 24.4 Å². The van der Waals surface area contributed by atoms with Gasteiger partial charge in [0.1, 0.15) is 23.1 Å². The number of amides is 1. The maximum atomic E-state index is 16.2. The summed E-state index contributed by atoms with van der Waals surface area (Å²) in [5, 5.41) is 0.312. The van der Waals surface area contributed by atoms with Crippen LogP contribution in [0.5, 0.6) is 5.75 Å². The predicted octanol–water partition coefficient (Wildman–Crippen LogP) is 4.94. The molecule has 2 bridgehead atoms. The van der Waals surface area contributed by atoms with Crippen molar-refractivity contribution in [3.05, 3.63) is 82.6 Å². The highest BCUT2D eigenvalue weighted by molar-refractivity contribution is 5.91. The second kappa shape index (κ2) is 11.1. The van der Waals surface area contributed by atoms with E-state index in [0.29, 0.717) is 50.2 Å². The van der Waals surface area contributed by atoms with Crippen LogP contribution in [0.4, 0.5) is 14.6 Å². The molecule has 7 rings (SSSR count). The van der Waals surface area contributed by atoms with E-state index in [4.69, 9.17) is 14.7 Å². The van der Waals surface area contributed by atoms with Crippen molar-refractivity contribution >= 4 is 22.8 Å². The number of carbonyl (C=O) groups is 1. The van der Waals surface area contributed by atoms with Gasteiger partial charge in [-0.1, -0.05) is 12.6 Å². The summed E-state index contributed by atoms with van der Waals surface area (Å²) in [7, 11) is 0. The molecule has 2 fully saturated rings. The molecule has 3 aromatic heterocycles. The fourth-order valence-electron chi connectivity index (χ4n) is 6.38. The van der Waals surface area contributed by atoms with Crippen molar-refractivity contribution < 1.29 is 18.3 Å². The quantitative estimate of drug-likeness (QED) is 0.309. The Morgan fingerprint density at radius 1 is 1.11 bits per heavy atom. The second-order valence-corrected chi connectivity index (χ2v) is 11.7. The van der Waals surface area contributed by atoms with Gasteiger partial charge in [-0.3, -0.25) is 9.78 Å². The highest BCUT2D eigenvalue weighted by atomic mass is 19.1. The number of fused-ring (bicyclic) bond motifs is 5. The summed E-state index contributed by atoms with van der Waals surface area (Å²) in [6.45, 7) is 6.94. The third kappa shape index (κ3) is 4.80. The molecule has 1 aliphatic carbocycles. The number of nitrogens with zero attached hydrogens (tertiary/aromatic N) is 6. The zero-order chi connectivity index (χ0) is 30.5. The summed E-state index contributed by atoms with van der Waals surface area (Å²) in [5.74, 6) is -0.975. The minimum atomic E-state index is -0.766. The first-order chi connectivity index (χ1) is 21.4. The first-order valence-corrected chi connectivity index (χ1v) is 15.1. The monoisotopic (exact) mass is 598 g/mol. The lowest BCUT2D eigenvalue weighted by molar-refractivity contribution is -0.126. The highest BCUT2D eigenvalue weighted by Gasteiger charge is 2.34. The molecular weight excluding hydrogens is 566 g/mol. The van der Waals surface area contributed by atoms with Gasteiger partial charge in [-0.15, -0.1) is 0 Å². The van der Waals surface area contributed by atoms with Gasteiger partial charge in [0.25, 0.3) is 0 Å². The lowest BCUT2D eigenvalue weighted by Gasteiger charge is -2.40. The molecule has 3 aliphatic rings. The second-order valence-electron chi connectivity index (χ2n) is 11.7. The van der Waals surface area contributed by atoms with E-state index in [1.807, 2.05) is 17.9 Å². The minimum Gasteiger partial charge on any atom is -0.493 e. The van der Waals surface area contributed by atoms with Crippen LogP contribution in [0.25, 0.3) is 28.0 Å². The molecule has 1 saturated carbocycles. The van der Waals surface area contributed by atoms with E-state index in [2.05, 4.69) is 11.6 Å². The number of pyridine rings is 2. The first-order valence-electron chi connectivity index (χ1n) is 15.1. The number of piperazine rings is 1. The van der Waals surface area contributed by atoms with Gasteiger partial charge in [0.15, 0.2) is 11.5 Å². The Morgan fingerprint density at radius 3 is 2.73 bits per heavy atom. The number of halogens is 2. The standard InChI is InChI=1S/C33H32F2N6O3/c1-3-26(42)39-14-15-40(19(2)18-39)31-22-17-24(35)29-27-23(34)8-6-9-25(27)44-16-5-4-7-21-12-13-36-28(20-10-11-20)30(21)41(32(22)37-29)33(43)38-31/h3,6,8-9,12-13,17,19-20H,1,4-5,7,10-11,14-16,18H2,2H3/t19-/m0/s1. The predicted molar refractivity (Wildman–Crippen MR) is 162 cm³/mol. The van der Waals surface area contributed by atoms with E-state index in [1.165, 1.54) is 28.8 Å². The molecule has 11 heteroatoms. The Balaban J connectivity index is 1.52. The average Bonchev–Trinajstić information content (AvgIpc) is 3.86. The molecule has 0 radical (unpaired) electrons. The molecular formula is C33H32F2N6O3. The third-order valence-electron chi connectivity index (χ3n) is 8.72. The largest absolute Gasteiger partial charge is 0.493 e. The third-order valence-corrected chi connectivity index (χ3v) is 8.72. The molecule has 0 N–H and O–H groups in total. The van der Waals surface area contributed by atoms with Crippen LogP contribution in [0.15, 0.2) is 54.0 Å². The number of hydrogen-bond acceptors (Lipinski definition) is 7. The van der Waals surface area contributed by atoms with E-state index in [1.54, 1.807) is 17.2 Å². The zero-order valence-electron chi connectivity index (χ0n) is 24.4. The Hall–Kier alpha value is -4.67. The molecule has 1 aromatic carbocycles. The van der Waals surface area contributed by atoms with Crippen molar-refractivity contribution in [2.24, 2.45) is 0 Å². The van der Waals surface area contributed by atoms with E-state index < -0.39 is 17.3 Å². The van der Waals surface area contributed by atoms with Crippen molar-refractivity contribution in [3.63, 3.8) is 0 Å². The Labute approximate surface area is 252 Å². The highest BCUT2D eigenvalue weighted by Crippen LogP contribution is 2.43. The molecule has 1 atom stereocenters. The van der Waals surface area contributed by atoms with Crippen LogP contribution in [0, 0.1) is 11.6 Å². The van der Waals surface area contributed by atoms with Crippen molar-refractivity contribution in [2.75, 3.05) is 31.1 Å². The lowest BCUT2D eigenvalue weighted by Crippen LogP contribution is -2.54. The molecule has 0 spiro atoms. The number of aryl methyl sites for hydroxylation is 1. The molecule has 9 nitrogen and oxygen atoms in total. The SMILES string of the molecule is C=CC(=O)N1CCN(c2nc(=O)n3c4nc(c(F)cc24)-c2c(F)cccc2OCCCCc2ccnc(C4CC4)c2-3)[C@@H](C)C1. The van der Waals surface area contributed by atoms with Crippen LogP contribution in [-0.4, -0.2) is 62.6 Å². The summed E-state index contributed by atoms with van der Waals surface area (Å²) in [6.07, 6.45) is 7.02. The summed E-state index contributed by atoms with van der Waals surface area (Å²) < 4.78 is 39.1. The molecule has 44 heavy (non-hydrogen) atoms. The van der Waals surface area contributed by atoms with Gasteiger partial charge in [-0.25, -0.2) is 23.1 Å². The summed E-state index contributed by atoms with van der Waals surface area (Å²) in [4.78, 5) is 44.1. The topological polar surface area (TPSA) is 93.5 Å². The number of anilines is 1. The van der Waals surface area contributed by atoms with E-state index in [-0.39, 0.29) is 46.3 Å². The van der Waals surface area contributed by atoms with Gasteiger partial charge in [0.2, 0.25) is 5.91 Å². The van der Waals surface area contributed by atoms with Gasteiger partial charge in [0, 0.05) is 37.8 Å². The molecule has 4 aromatic rings. The van der Waals surface area contributed by atoms with Crippen LogP contribution in [0.3, 0.4) is 0 Å². The van der Waals surface area contributed by atoms with Crippen molar-refractivity contribution in [2.45, 2.75) is 51.0 Å². The smallest absolute Gasteiger partial charge is 0.355 e. The summed E-state index contributed by atoms with van der Waals surface area (Å²) in [5.41, 5.74) is 1.57. The van der Waals surface area contributed by atoms with Crippen LogP contribution < -0.4 is 15.3 Å². The van der Waals surface area contributed by atoms with Crippen LogP contribution in [0.2, 0.25) is 0 Å². The normalized spacial score (nSPS) is 18.5. The molecule has 0 unspecified atom stereocenters. The van der Waals surface area contributed by atoms with Gasteiger partial charge >= 0.3 is 5.69 Å². The average molecular weight is 599 g/mol. The minimum absolute atomic E-state index is 0.0951. The van der Waals surface area contributed by atoms with E-state index in [9.17, 15) is 9.59 Å². The van der Waals surface area contributed by atoms with Crippen LogP contribution >= 0.6 is 0 Å². The lowest BCUT2D eigenvalue weighted by atomic mass is 10.0. The van der Waals surface area contributed by atoms with Crippen molar-refractivity contribution in [1.29, 1.82) is 0 Å². The fraction of sp³-hybridized carbons (Fsp3) is 0.364. The van der Waals surface area contributed by atoms with Gasteiger partial charge in [-0.05, 0) is 74.9 Å².